The van der Waals surface area contributed by atoms with Gasteiger partial charge in [-0.25, -0.2) is 0 Å². The van der Waals surface area contributed by atoms with Crippen molar-refractivity contribution in [3.63, 3.8) is 0 Å². The number of anilines is 7. The Bertz CT molecular complexity index is 3870. The van der Waals surface area contributed by atoms with E-state index in [2.05, 4.69) is 230 Å². The van der Waals surface area contributed by atoms with Gasteiger partial charge in [0, 0.05) is 41.3 Å². The average Bonchev–Trinajstić information content (AvgIpc) is 3.57. The van der Waals surface area contributed by atoms with E-state index in [1.54, 1.807) is 23.9 Å². The van der Waals surface area contributed by atoms with Crippen LogP contribution < -0.4 is 76.9 Å². The van der Waals surface area contributed by atoms with Gasteiger partial charge in [-0.15, -0.1) is 0 Å². The average molecular weight is 1030 g/mol. The Morgan fingerprint density at radius 1 is 0.342 bits per heavy atom. The van der Waals surface area contributed by atoms with Crippen molar-refractivity contribution in [1.82, 2.24) is 0 Å². The number of nitrogens with zero attached hydrogens (tertiary/aromatic N) is 3. The maximum absolute atomic E-state index is 7.34. The molecule has 6 heterocycles. The van der Waals surface area contributed by atoms with Gasteiger partial charge >= 0.3 is 0 Å². The fraction of sp³-hybridized carbons (Fsp3) is 0.262. The minimum absolute atomic E-state index is 0.0116. The smallest absolute Gasteiger partial charge is 0.256 e. The fourth-order valence-corrected chi connectivity index (χ4v) is 14.7. The van der Waals surface area contributed by atoms with Crippen molar-refractivity contribution < 1.29 is 14.2 Å². The lowest BCUT2D eigenvalue weighted by Gasteiger charge is -2.44. The highest BCUT2D eigenvalue weighted by Gasteiger charge is 2.49. The first-order chi connectivity index (χ1) is 36.2. The van der Waals surface area contributed by atoms with Gasteiger partial charge in [0.25, 0.3) is 20.1 Å². The van der Waals surface area contributed by atoms with E-state index in [4.69, 9.17) is 14.2 Å². The third kappa shape index (κ3) is 6.92. The van der Waals surface area contributed by atoms with Gasteiger partial charge in [-0.2, -0.15) is 0 Å². The molecule has 0 saturated heterocycles. The molecule has 0 amide bonds. The summed E-state index contributed by atoms with van der Waals surface area (Å²) in [4.78, 5) is 2.53. The summed E-state index contributed by atoms with van der Waals surface area (Å²) in [5, 5.41) is 0. The highest BCUT2D eigenvalue weighted by Crippen LogP contribution is 2.48. The standard InChI is InChI=1S/C65H62B3N3O3S2/c1-35-23-51-60-57(26-35)72-54-21-17-39(64(7,8)9)29-45(54)66(60)42-31-43-49(33-48(42)69(51)41-19-15-38(16-20-41)63(4,5)6)70(75-13)52-24-37(3)28-59-62(52)68(43)47-32-44-50(34-56(47)74-59)71(76-14)53-25-36(2)27-58-61(53)67(44)46-30-40(65(10,11)12)18-22-55(46)73-58/h15-34H,1-14H3. The zero-order valence-corrected chi connectivity index (χ0v) is 47.8. The largest absolute Gasteiger partial charge is 0.458 e. The fourth-order valence-electron chi connectivity index (χ4n) is 13.3. The minimum Gasteiger partial charge on any atom is -0.458 e. The Morgan fingerprint density at radius 3 is 1.18 bits per heavy atom. The molecule has 0 unspecified atom stereocenters. The van der Waals surface area contributed by atoms with Crippen LogP contribution in [0, 0.1) is 20.8 Å². The van der Waals surface area contributed by atoms with Crippen molar-refractivity contribution in [3.8, 4) is 34.5 Å². The molecule has 0 fully saturated rings. The Kier molecular flexibility index (Phi) is 10.2. The Hall–Kier alpha value is -6.55. The molecule has 8 aromatic carbocycles. The Labute approximate surface area is 459 Å². The van der Waals surface area contributed by atoms with Crippen molar-refractivity contribution in [2.24, 2.45) is 0 Å². The summed E-state index contributed by atoms with van der Waals surface area (Å²) in [5.41, 5.74) is 26.5. The van der Waals surface area contributed by atoms with Crippen molar-refractivity contribution >= 4 is 133 Å². The summed E-state index contributed by atoms with van der Waals surface area (Å²) < 4.78 is 26.2. The van der Waals surface area contributed by atoms with E-state index in [0.29, 0.717) is 0 Å². The molecule has 0 N–H and O–H groups in total. The summed E-state index contributed by atoms with van der Waals surface area (Å²) in [7, 11) is 0. The quantitative estimate of drug-likeness (QED) is 0.128. The van der Waals surface area contributed by atoms with Crippen LogP contribution in [-0.4, -0.2) is 32.6 Å². The number of rotatable bonds is 3. The van der Waals surface area contributed by atoms with Crippen LogP contribution in [0.5, 0.6) is 34.5 Å². The van der Waals surface area contributed by atoms with E-state index in [0.717, 1.165) is 62.7 Å². The van der Waals surface area contributed by atoms with E-state index in [9.17, 15) is 0 Å². The van der Waals surface area contributed by atoms with E-state index in [1.807, 2.05) is 0 Å². The maximum atomic E-state index is 7.34. The molecule has 6 nitrogen and oxygen atoms in total. The zero-order valence-electron chi connectivity index (χ0n) is 46.2. The molecule has 11 heteroatoms. The number of benzene rings is 8. The molecule has 0 radical (unpaired) electrons. The summed E-state index contributed by atoms with van der Waals surface area (Å²) in [6.07, 6.45) is 4.40. The molecule has 76 heavy (non-hydrogen) atoms. The molecule has 0 aromatic heterocycles. The van der Waals surface area contributed by atoms with Gasteiger partial charge in [0.2, 0.25) is 0 Å². The van der Waals surface area contributed by atoms with Crippen LogP contribution in [0.4, 0.5) is 39.8 Å². The minimum atomic E-state index is -0.135. The van der Waals surface area contributed by atoms with Gasteiger partial charge in [0.15, 0.2) is 0 Å². The third-order valence-electron chi connectivity index (χ3n) is 17.0. The number of ether oxygens (including phenoxy) is 3. The number of fused-ring (bicyclic) bond motifs is 12. The second-order valence-electron chi connectivity index (χ2n) is 25.2. The van der Waals surface area contributed by atoms with Gasteiger partial charge in [0.05, 0.1) is 17.1 Å². The number of aryl methyl sites for hydroxylation is 3. The lowest BCUT2D eigenvalue weighted by Crippen LogP contribution is -2.65. The molecule has 0 bridgehead atoms. The van der Waals surface area contributed by atoms with Crippen LogP contribution in [0.3, 0.4) is 0 Å². The van der Waals surface area contributed by atoms with Crippen LogP contribution in [0.1, 0.15) is 95.7 Å². The Balaban J connectivity index is 1.06. The van der Waals surface area contributed by atoms with Gasteiger partial charge in [-0.1, -0.05) is 111 Å². The van der Waals surface area contributed by atoms with E-state index in [-0.39, 0.29) is 36.4 Å². The Morgan fingerprint density at radius 2 is 0.724 bits per heavy atom. The van der Waals surface area contributed by atoms with E-state index in [1.165, 1.54) is 94.2 Å². The second kappa shape index (κ2) is 16.2. The molecule has 6 aliphatic rings. The molecule has 14 rings (SSSR count). The SMILES string of the molecule is CSN1c2cc3c(cc2B2c4cc(C(C)(C)C)ccc4Oc4cc(C)cc1c42)B1c2cc4c(cc2N(SC)c2cc(C)cc(c21)O3)N(c1ccc(C(C)(C)C)cc1)c1cc(C)cc2c1B4c1cc(C(C)(C)C)ccc1O2. The van der Waals surface area contributed by atoms with Crippen molar-refractivity contribution in [1.29, 1.82) is 0 Å². The molecule has 376 valence electrons. The number of hydrogen-bond donors (Lipinski definition) is 0. The normalized spacial score (nSPS) is 15.0. The van der Waals surface area contributed by atoms with Crippen LogP contribution in [0.15, 0.2) is 121 Å². The van der Waals surface area contributed by atoms with Crippen molar-refractivity contribution in [2.75, 3.05) is 26.0 Å². The summed E-state index contributed by atoms with van der Waals surface area (Å²) >= 11 is 3.50. The molecule has 0 saturated carbocycles. The van der Waals surface area contributed by atoms with Gasteiger partial charge in [-0.3, -0.25) is 8.61 Å². The predicted octanol–water partition coefficient (Wildman–Crippen LogP) is 11.6. The molecule has 0 atom stereocenters. The van der Waals surface area contributed by atoms with Gasteiger partial charge in [-0.05, 0) is 210 Å². The summed E-state index contributed by atoms with van der Waals surface area (Å²) in [6.45, 7) is 27.0. The van der Waals surface area contributed by atoms with Crippen LogP contribution in [0.25, 0.3) is 0 Å². The van der Waals surface area contributed by atoms with Crippen molar-refractivity contribution in [3.05, 3.63) is 155 Å². The molecule has 0 spiro atoms. The highest BCUT2D eigenvalue weighted by molar-refractivity contribution is 8.00. The topological polar surface area (TPSA) is 37.4 Å². The first kappa shape index (κ1) is 47.9. The van der Waals surface area contributed by atoms with E-state index >= 15 is 0 Å². The van der Waals surface area contributed by atoms with Crippen molar-refractivity contribution in [2.45, 2.75) is 99.3 Å². The van der Waals surface area contributed by atoms with Crippen LogP contribution in [-0.2, 0) is 16.2 Å². The van der Waals surface area contributed by atoms with Crippen LogP contribution in [0.2, 0.25) is 0 Å². The predicted molar refractivity (Wildman–Crippen MR) is 329 cm³/mol. The lowest BCUT2D eigenvalue weighted by atomic mass is 9.29. The van der Waals surface area contributed by atoms with Gasteiger partial charge < -0.3 is 19.1 Å². The first-order valence-corrected chi connectivity index (χ1v) is 29.3. The summed E-state index contributed by atoms with van der Waals surface area (Å²) in [5.74, 6) is 5.52. The zero-order chi connectivity index (χ0) is 52.8. The lowest BCUT2D eigenvalue weighted by molar-refractivity contribution is 0.485. The maximum Gasteiger partial charge on any atom is 0.256 e. The molecule has 6 aliphatic heterocycles. The molecular formula is C65H62B3N3O3S2. The first-order valence-electron chi connectivity index (χ1n) is 26.9. The third-order valence-corrected chi connectivity index (χ3v) is 18.5. The molecular weight excluding hydrogens is 967 g/mol. The second-order valence-corrected chi connectivity index (χ2v) is 26.7. The van der Waals surface area contributed by atoms with E-state index < -0.39 is 0 Å². The highest BCUT2D eigenvalue weighted by atomic mass is 32.2. The molecule has 8 aromatic rings. The summed E-state index contributed by atoms with van der Waals surface area (Å²) in [6, 6.07) is 46.9. The monoisotopic (exact) mass is 1030 g/mol. The number of hydrogen-bond acceptors (Lipinski definition) is 8. The van der Waals surface area contributed by atoms with Crippen LogP contribution >= 0.6 is 23.9 Å². The molecule has 0 aliphatic carbocycles. The van der Waals surface area contributed by atoms with Gasteiger partial charge in [0.1, 0.15) is 34.5 Å².